The smallest absolute Gasteiger partial charge is 0.0417 e. The molecule has 0 N–H and O–H groups in total. The van der Waals surface area contributed by atoms with Gasteiger partial charge in [-0.25, -0.2) is 0 Å². The predicted molar refractivity (Wildman–Crippen MR) is 75.5 cm³/mol. The van der Waals surface area contributed by atoms with Crippen molar-refractivity contribution in [2.24, 2.45) is 5.92 Å². The number of hydrogen-bond donors (Lipinski definition) is 0. The van der Waals surface area contributed by atoms with Gasteiger partial charge in [0.15, 0.2) is 0 Å². The fourth-order valence-electron chi connectivity index (χ4n) is 2.72. The molecule has 0 unspecified atom stereocenters. The Hall–Kier alpha value is -0.930. The summed E-state index contributed by atoms with van der Waals surface area (Å²) in [5.74, 6) is 0.699. The zero-order chi connectivity index (χ0) is 13.1. The lowest BCUT2D eigenvalue weighted by Crippen LogP contribution is -2.53. The summed E-state index contributed by atoms with van der Waals surface area (Å²) in [5.41, 5.74) is 2.53. The maximum Gasteiger partial charge on any atom is 0.0417 e. The highest BCUT2D eigenvalue weighted by molar-refractivity contribution is 5.18. The summed E-state index contributed by atoms with van der Waals surface area (Å²) in [7, 11) is 2.22. The molecule has 3 nitrogen and oxygen atoms in total. The van der Waals surface area contributed by atoms with E-state index in [1.807, 2.05) is 12.3 Å². The van der Waals surface area contributed by atoms with Crippen molar-refractivity contribution in [1.82, 2.24) is 14.8 Å². The first-order chi connectivity index (χ1) is 8.58. The number of hydrogen-bond acceptors (Lipinski definition) is 3. The van der Waals surface area contributed by atoms with Crippen LogP contribution in [0.4, 0.5) is 0 Å². The second-order valence-corrected chi connectivity index (χ2v) is 5.79. The zero-order valence-electron chi connectivity index (χ0n) is 12.1. The van der Waals surface area contributed by atoms with Crippen LogP contribution in [0.3, 0.4) is 0 Å². The van der Waals surface area contributed by atoms with Gasteiger partial charge in [-0.3, -0.25) is 9.88 Å². The highest BCUT2D eigenvalue weighted by Crippen LogP contribution is 2.19. The van der Waals surface area contributed by atoms with Gasteiger partial charge >= 0.3 is 0 Å². The van der Waals surface area contributed by atoms with Crippen molar-refractivity contribution < 1.29 is 0 Å². The maximum absolute atomic E-state index is 4.39. The van der Waals surface area contributed by atoms with E-state index in [9.17, 15) is 0 Å². The van der Waals surface area contributed by atoms with E-state index in [2.05, 4.69) is 48.7 Å². The van der Waals surface area contributed by atoms with Crippen LogP contribution in [0.15, 0.2) is 18.3 Å². The largest absolute Gasteiger partial charge is 0.304 e. The van der Waals surface area contributed by atoms with Gasteiger partial charge in [0.25, 0.3) is 0 Å². The Labute approximate surface area is 111 Å². The molecule has 18 heavy (non-hydrogen) atoms. The normalized spacial score (nSPS) is 22.6. The van der Waals surface area contributed by atoms with E-state index < -0.39 is 0 Å². The van der Waals surface area contributed by atoms with Gasteiger partial charge in [0, 0.05) is 44.1 Å². The molecular weight excluding hydrogens is 222 g/mol. The summed E-state index contributed by atoms with van der Waals surface area (Å²) < 4.78 is 0. The van der Waals surface area contributed by atoms with Crippen LogP contribution >= 0.6 is 0 Å². The third-order valence-electron chi connectivity index (χ3n) is 4.00. The average molecular weight is 247 g/mol. The van der Waals surface area contributed by atoms with Gasteiger partial charge in [0.05, 0.1) is 0 Å². The molecule has 100 valence electrons. The van der Waals surface area contributed by atoms with E-state index in [1.165, 1.54) is 24.3 Å². The van der Waals surface area contributed by atoms with E-state index in [1.54, 1.807) is 0 Å². The summed E-state index contributed by atoms with van der Waals surface area (Å²) in [6, 6.07) is 4.91. The summed E-state index contributed by atoms with van der Waals surface area (Å²) in [6.07, 6.45) is 1.88. The van der Waals surface area contributed by atoms with Crippen molar-refractivity contribution in [2.45, 2.75) is 33.4 Å². The lowest BCUT2D eigenvalue weighted by molar-refractivity contribution is 0.0569. The number of nitrogens with zero attached hydrogens (tertiary/aromatic N) is 3. The number of aryl methyl sites for hydroxylation is 1. The molecule has 2 rings (SSSR count). The molecule has 0 saturated carbocycles. The van der Waals surface area contributed by atoms with Crippen molar-refractivity contribution >= 4 is 0 Å². The lowest BCUT2D eigenvalue weighted by Gasteiger charge is -2.42. The fraction of sp³-hybridized carbons (Fsp3) is 0.667. The van der Waals surface area contributed by atoms with Crippen molar-refractivity contribution in [3.63, 3.8) is 0 Å². The minimum atomic E-state index is 0.656. The first-order valence-electron chi connectivity index (χ1n) is 6.91. The summed E-state index contributed by atoms with van der Waals surface area (Å²) in [6.45, 7) is 11.3. The molecular formula is C15H25N3. The molecule has 1 saturated heterocycles. The summed E-state index contributed by atoms with van der Waals surface area (Å²) in [5, 5.41) is 0. The molecule has 0 amide bonds. The molecule has 2 heterocycles. The van der Waals surface area contributed by atoms with Crippen molar-refractivity contribution in [3.05, 3.63) is 29.6 Å². The first kappa shape index (κ1) is 13.5. The van der Waals surface area contributed by atoms with Gasteiger partial charge in [-0.2, -0.15) is 0 Å². The van der Waals surface area contributed by atoms with Gasteiger partial charge < -0.3 is 4.90 Å². The van der Waals surface area contributed by atoms with Crippen LogP contribution in [0.25, 0.3) is 0 Å². The van der Waals surface area contributed by atoms with Gasteiger partial charge in [-0.05, 0) is 31.5 Å². The number of aromatic nitrogens is 1. The number of pyridine rings is 1. The molecule has 1 fully saturated rings. The van der Waals surface area contributed by atoms with Crippen LogP contribution in [-0.4, -0.2) is 47.5 Å². The minimum Gasteiger partial charge on any atom is -0.304 e. The molecule has 0 aromatic carbocycles. The highest BCUT2D eigenvalue weighted by atomic mass is 15.3. The second-order valence-electron chi connectivity index (χ2n) is 5.79. The van der Waals surface area contributed by atoms with Crippen LogP contribution in [0.5, 0.6) is 0 Å². The third kappa shape index (κ3) is 3.09. The Kier molecular flexibility index (Phi) is 4.36. The van der Waals surface area contributed by atoms with E-state index >= 15 is 0 Å². The molecule has 1 aliphatic heterocycles. The molecule has 3 heteroatoms. The van der Waals surface area contributed by atoms with Gasteiger partial charge in [-0.15, -0.1) is 0 Å². The van der Waals surface area contributed by atoms with Crippen molar-refractivity contribution in [3.8, 4) is 0 Å². The zero-order valence-corrected chi connectivity index (χ0v) is 12.1. The van der Waals surface area contributed by atoms with E-state index in [-0.39, 0.29) is 0 Å². The Morgan fingerprint density at radius 2 is 2.17 bits per heavy atom. The number of likely N-dealkylation sites (N-methyl/N-ethyl adjacent to an activating group) is 1. The number of piperazine rings is 1. The molecule has 1 atom stereocenters. The molecule has 1 aromatic rings. The van der Waals surface area contributed by atoms with E-state index in [4.69, 9.17) is 0 Å². The van der Waals surface area contributed by atoms with Crippen LogP contribution < -0.4 is 0 Å². The fourth-order valence-corrected chi connectivity index (χ4v) is 2.72. The Morgan fingerprint density at radius 3 is 2.83 bits per heavy atom. The molecule has 1 aromatic heterocycles. The molecule has 0 radical (unpaired) electrons. The minimum absolute atomic E-state index is 0.656. The van der Waals surface area contributed by atoms with Gasteiger partial charge in [0.1, 0.15) is 0 Å². The Morgan fingerprint density at radius 1 is 1.39 bits per heavy atom. The van der Waals surface area contributed by atoms with Crippen LogP contribution in [0.1, 0.15) is 25.1 Å². The molecule has 0 bridgehead atoms. The van der Waals surface area contributed by atoms with Crippen LogP contribution in [0, 0.1) is 12.8 Å². The Bertz CT molecular complexity index is 389. The van der Waals surface area contributed by atoms with Gasteiger partial charge in [0.2, 0.25) is 0 Å². The monoisotopic (exact) mass is 247 g/mol. The quantitative estimate of drug-likeness (QED) is 0.816. The van der Waals surface area contributed by atoms with Crippen LogP contribution in [0.2, 0.25) is 0 Å². The lowest BCUT2D eigenvalue weighted by atomic mass is 9.99. The SMILES string of the molecule is Cc1ncccc1CN1CCN(C)C[C@H]1C(C)C. The highest BCUT2D eigenvalue weighted by Gasteiger charge is 2.27. The van der Waals surface area contributed by atoms with Crippen molar-refractivity contribution in [2.75, 3.05) is 26.7 Å². The summed E-state index contributed by atoms with van der Waals surface area (Å²) in [4.78, 5) is 9.45. The van der Waals surface area contributed by atoms with Crippen molar-refractivity contribution in [1.29, 1.82) is 0 Å². The van der Waals surface area contributed by atoms with Crippen LogP contribution in [-0.2, 0) is 6.54 Å². The second kappa shape index (κ2) is 5.81. The van der Waals surface area contributed by atoms with E-state index in [0.29, 0.717) is 12.0 Å². The standard InChI is InChI=1S/C15H25N3/c1-12(2)15-11-17(4)8-9-18(15)10-14-6-5-7-16-13(14)3/h5-7,12,15H,8-11H2,1-4H3/t15-/m0/s1. The predicted octanol–water partition coefficient (Wildman–Crippen LogP) is 2.16. The maximum atomic E-state index is 4.39. The first-order valence-corrected chi connectivity index (χ1v) is 6.91. The molecule has 0 aliphatic carbocycles. The average Bonchev–Trinajstić information content (AvgIpc) is 2.34. The molecule has 1 aliphatic rings. The number of rotatable bonds is 3. The van der Waals surface area contributed by atoms with Gasteiger partial charge in [-0.1, -0.05) is 19.9 Å². The van der Waals surface area contributed by atoms with E-state index in [0.717, 1.165) is 13.1 Å². The topological polar surface area (TPSA) is 19.4 Å². The molecule has 0 spiro atoms. The summed E-state index contributed by atoms with van der Waals surface area (Å²) >= 11 is 0. The third-order valence-corrected chi connectivity index (χ3v) is 4.00. The Balaban J connectivity index is 2.09.